The Kier molecular flexibility index (Phi) is 4.95. The number of halogens is 1. The van der Waals surface area contributed by atoms with Crippen LogP contribution in [-0.2, 0) is 4.79 Å². The summed E-state index contributed by atoms with van der Waals surface area (Å²) >= 11 is 0. The molecule has 0 spiro atoms. The molecule has 1 aromatic rings. The fourth-order valence-corrected chi connectivity index (χ4v) is 2.31. The molecule has 2 rings (SSSR count). The van der Waals surface area contributed by atoms with Crippen LogP contribution in [0.2, 0.25) is 0 Å². The van der Waals surface area contributed by atoms with Gasteiger partial charge in [-0.2, -0.15) is 0 Å². The molecular formula is C15H21FN2O2. The van der Waals surface area contributed by atoms with E-state index in [0.717, 1.165) is 32.7 Å². The molecule has 5 heteroatoms. The molecule has 0 aliphatic carbocycles. The molecule has 110 valence electrons. The first-order valence-corrected chi connectivity index (χ1v) is 7.03. The van der Waals surface area contributed by atoms with E-state index in [0.29, 0.717) is 5.75 Å². The first kappa shape index (κ1) is 14.8. The molecule has 0 radical (unpaired) electrons. The highest BCUT2D eigenvalue weighted by Gasteiger charge is 2.25. The molecule has 1 fully saturated rings. The number of nitrogens with zero attached hydrogens (tertiary/aromatic N) is 2. The third-order valence-electron chi connectivity index (χ3n) is 3.61. The lowest BCUT2D eigenvalue weighted by molar-refractivity contribution is -0.139. The Bertz CT molecular complexity index is 442. The Morgan fingerprint density at radius 3 is 2.40 bits per heavy atom. The standard InChI is InChI=1S/C15H21FN2O2/c1-3-17-8-10-18(11-9-17)15(19)12(2)20-14-6-4-13(16)5-7-14/h4-7,12H,3,8-11H2,1-2H3. The monoisotopic (exact) mass is 280 g/mol. The van der Waals surface area contributed by atoms with Crippen molar-refractivity contribution in [1.29, 1.82) is 0 Å². The van der Waals surface area contributed by atoms with Crippen LogP contribution >= 0.6 is 0 Å². The van der Waals surface area contributed by atoms with Crippen molar-refractivity contribution in [2.45, 2.75) is 20.0 Å². The minimum Gasteiger partial charge on any atom is -0.481 e. The van der Waals surface area contributed by atoms with Crippen molar-refractivity contribution < 1.29 is 13.9 Å². The average Bonchev–Trinajstić information content (AvgIpc) is 2.49. The van der Waals surface area contributed by atoms with Crippen molar-refractivity contribution in [3.05, 3.63) is 30.1 Å². The Balaban J connectivity index is 1.87. The van der Waals surface area contributed by atoms with Crippen molar-refractivity contribution in [2.75, 3.05) is 32.7 Å². The summed E-state index contributed by atoms with van der Waals surface area (Å²) in [6.07, 6.45) is -0.548. The molecule has 1 heterocycles. The molecule has 1 aliphatic rings. The van der Waals surface area contributed by atoms with Gasteiger partial charge in [-0.15, -0.1) is 0 Å². The van der Waals surface area contributed by atoms with Crippen LogP contribution < -0.4 is 4.74 Å². The summed E-state index contributed by atoms with van der Waals surface area (Å²) in [7, 11) is 0. The van der Waals surface area contributed by atoms with Gasteiger partial charge in [0.05, 0.1) is 0 Å². The van der Waals surface area contributed by atoms with Crippen molar-refractivity contribution in [1.82, 2.24) is 9.80 Å². The van der Waals surface area contributed by atoms with E-state index in [1.54, 1.807) is 6.92 Å². The first-order valence-electron chi connectivity index (χ1n) is 7.03. The Labute approximate surface area is 119 Å². The predicted octanol–water partition coefficient (Wildman–Crippen LogP) is 1.76. The van der Waals surface area contributed by atoms with Gasteiger partial charge in [-0.05, 0) is 37.7 Å². The minimum absolute atomic E-state index is 0.00919. The highest BCUT2D eigenvalue weighted by atomic mass is 19.1. The quantitative estimate of drug-likeness (QED) is 0.842. The summed E-state index contributed by atoms with van der Waals surface area (Å²) in [5.41, 5.74) is 0. The van der Waals surface area contributed by atoms with Crippen LogP contribution in [0.5, 0.6) is 5.75 Å². The molecule has 1 atom stereocenters. The normalized spacial score (nSPS) is 17.9. The van der Waals surface area contributed by atoms with Gasteiger partial charge in [0.25, 0.3) is 5.91 Å². The molecule has 1 aliphatic heterocycles. The Hall–Kier alpha value is -1.62. The summed E-state index contributed by atoms with van der Waals surface area (Å²) in [4.78, 5) is 16.4. The van der Waals surface area contributed by atoms with Crippen molar-refractivity contribution >= 4 is 5.91 Å². The number of likely N-dealkylation sites (N-methyl/N-ethyl adjacent to an activating group) is 1. The van der Waals surface area contributed by atoms with E-state index in [9.17, 15) is 9.18 Å². The zero-order chi connectivity index (χ0) is 14.5. The second kappa shape index (κ2) is 6.70. The number of carbonyl (C=O) groups is 1. The Morgan fingerprint density at radius 2 is 1.85 bits per heavy atom. The van der Waals surface area contributed by atoms with E-state index in [1.165, 1.54) is 24.3 Å². The Morgan fingerprint density at radius 1 is 1.25 bits per heavy atom. The summed E-state index contributed by atoms with van der Waals surface area (Å²) in [6.45, 7) is 8.17. The van der Waals surface area contributed by atoms with Gasteiger partial charge in [0.15, 0.2) is 6.10 Å². The molecule has 20 heavy (non-hydrogen) atoms. The van der Waals surface area contributed by atoms with Crippen LogP contribution in [0.15, 0.2) is 24.3 Å². The summed E-state index contributed by atoms with van der Waals surface area (Å²) in [5.74, 6) is 0.191. The fraction of sp³-hybridized carbons (Fsp3) is 0.533. The van der Waals surface area contributed by atoms with Crippen molar-refractivity contribution in [3.63, 3.8) is 0 Å². The summed E-state index contributed by atoms with van der Waals surface area (Å²) in [5, 5.41) is 0. The molecule has 0 aromatic heterocycles. The maximum atomic E-state index is 12.8. The number of piperazine rings is 1. The molecule has 0 N–H and O–H groups in total. The van der Waals surface area contributed by atoms with Crippen molar-refractivity contribution in [3.8, 4) is 5.75 Å². The highest BCUT2D eigenvalue weighted by Crippen LogP contribution is 2.14. The first-order chi connectivity index (χ1) is 9.60. The lowest BCUT2D eigenvalue weighted by Gasteiger charge is -2.35. The van der Waals surface area contributed by atoms with Crippen LogP contribution in [-0.4, -0.2) is 54.5 Å². The molecule has 1 saturated heterocycles. The second-order valence-electron chi connectivity index (χ2n) is 4.97. The van der Waals surface area contributed by atoms with Gasteiger partial charge >= 0.3 is 0 Å². The van der Waals surface area contributed by atoms with Crippen LogP contribution in [0.3, 0.4) is 0 Å². The maximum Gasteiger partial charge on any atom is 0.263 e. The zero-order valence-corrected chi connectivity index (χ0v) is 12.0. The number of carbonyl (C=O) groups excluding carboxylic acids is 1. The number of rotatable bonds is 4. The average molecular weight is 280 g/mol. The number of benzene rings is 1. The van der Waals surface area contributed by atoms with E-state index < -0.39 is 6.10 Å². The fourth-order valence-electron chi connectivity index (χ4n) is 2.31. The highest BCUT2D eigenvalue weighted by molar-refractivity contribution is 5.81. The van der Waals surface area contributed by atoms with Gasteiger partial charge in [-0.3, -0.25) is 4.79 Å². The smallest absolute Gasteiger partial charge is 0.263 e. The molecule has 1 amide bonds. The second-order valence-corrected chi connectivity index (χ2v) is 4.97. The summed E-state index contributed by atoms with van der Waals surface area (Å²) < 4.78 is 18.4. The molecule has 1 unspecified atom stereocenters. The zero-order valence-electron chi connectivity index (χ0n) is 12.0. The molecule has 4 nitrogen and oxygen atoms in total. The van der Waals surface area contributed by atoms with Crippen LogP contribution in [0, 0.1) is 5.82 Å². The van der Waals surface area contributed by atoms with E-state index in [-0.39, 0.29) is 11.7 Å². The molecule has 0 saturated carbocycles. The van der Waals surface area contributed by atoms with Crippen molar-refractivity contribution in [2.24, 2.45) is 0 Å². The van der Waals surface area contributed by atoms with Gasteiger partial charge in [0, 0.05) is 26.2 Å². The van der Waals surface area contributed by atoms with Crippen LogP contribution in [0.1, 0.15) is 13.8 Å². The number of hydrogen-bond acceptors (Lipinski definition) is 3. The predicted molar refractivity (Wildman–Crippen MR) is 75.2 cm³/mol. The SMILES string of the molecule is CCN1CCN(C(=O)C(C)Oc2ccc(F)cc2)CC1. The lowest BCUT2D eigenvalue weighted by Crippen LogP contribution is -2.51. The number of hydrogen-bond donors (Lipinski definition) is 0. The van der Waals surface area contributed by atoms with E-state index in [4.69, 9.17) is 4.74 Å². The maximum absolute atomic E-state index is 12.8. The third-order valence-corrected chi connectivity index (χ3v) is 3.61. The van der Waals surface area contributed by atoms with Gasteiger partial charge < -0.3 is 14.5 Å². The lowest BCUT2D eigenvalue weighted by atomic mass is 10.2. The van der Waals surface area contributed by atoms with Crippen LogP contribution in [0.25, 0.3) is 0 Å². The molecular weight excluding hydrogens is 259 g/mol. The molecule has 0 bridgehead atoms. The van der Waals surface area contributed by atoms with Gasteiger partial charge in [-0.25, -0.2) is 4.39 Å². The number of ether oxygens (including phenoxy) is 1. The van der Waals surface area contributed by atoms with Gasteiger partial charge in [-0.1, -0.05) is 6.92 Å². The van der Waals surface area contributed by atoms with Gasteiger partial charge in [0.1, 0.15) is 11.6 Å². The van der Waals surface area contributed by atoms with E-state index >= 15 is 0 Å². The van der Waals surface area contributed by atoms with Gasteiger partial charge in [0.2, 0.25) is 0 Å². The topological polar surface area (TPSA) is 32.8 Å². The summed E-state index contributed by atoms with van der Waals surface area (Å²) in [6, 6.07) is 5.72. The van der Waals surface area contributed by atoms with Crippen LogP contribution in [0.4, 0.5) is 4.39 Å². The number of amides is 1. The third kappa shape index (κ3) is 3.70. The largest absolute Gasteiger partial charge is 0.481 e. The minimum atomic E-state index is -0.548. The molecule has 1 aromatic carbocycles. The van der Waals surface area contributed by atoms with E-state index in [2.05, 4.69) is 11.8 Å². The van der Waals surface area contributed by atoms with E-state index in [1.807, 2.05) is 4.90 Å².